The van der Waals surface area contributed by atoms with Crippen LogP contribution in [0.1, 0.15) is 25.0 Å². The van der Waals surface area contributed by atoms with Crippen molar-refractivity contribution in [1.29, 1.82) is 0 Å². The molecular formula is C14H23N3S. The van der Waals surface area contributed by atoms with E-state index in [0.29, 0.717) is 5.25 Å². The summed E-state index contributed by atoms with van der Waals surface area (Å²) in [6.07, 6.45) is 2.89. The minimum Gasteiger partial charge on any atom is -0.354 e. The van der Waals surface area contributed by atoms with Gasteiger partial charge in [-0.1, -0.05) is 13.0 Å². The Kier molecular flexibility index (Phi) is 4.51. The largest absolute Gasteiger partial charge is 0.354 e. The van der Waals surface area contributed by atoms with Gasteiger partial charge in [-0.3, -0.25) is 0 Å². The molecule has 2 unspecified atom stereocenters. The fourth-order valence-corrected chi connectivity index (χ4v) is 3.46. The molecule has 1 fully saturated rings. The van der Waals surface area contributed by atoms with Gasteiger partial charge in [0.2, 0.25) is 0 Å². The van der Waals surface area contributed by atoms with Crippen molar-refractivity contribution >= 4 is 17.6 Å². The van der Waals surface area contributed by atoms with Crippen LogP contribution in [0.2, 0.25) is 0 Å². The lowest BCUT2D eigenvalue weighted by molar-refractivity contribution is 0.730. The zero-order chi connectivity index (χ0) is 13.1. The summed E-state index contributed by atoms with van der Waals surface area (Å²) in [5, 5.41) is 0.698. The molecule has 2 atom stereocenters. The van der Waals surface area contributed by atoms with E-state index in [9.17, 15) is 0 Å². The minimum atomic E-state index is 0.198. The number of nitrogens with zero attached hydrogens (tertiary/aromatic N) is 2. The summed E-state index contributed by atoms with van der Waals surface area (Å²) in [6.45, 7) is 8.68. The molecule has 0 saturated carbocycles. The molecule has 0 bridgehead atoms. The van der Waals surface area contributed by atoms with Gasteiger partial charge in [0.05, 0.1) is 0 Å². The summed E-state index contributed by atoms with van der Waals surface area (Å²) in [6, 6.07) is 2.43. The Bertz CT molecular complexity index is 406. The third-order valence-electron chi connectivity index (χ3n) is 3.21. The molecule has 100 valence electrons. The number of hydrogen-bond donors (Lipinski definition) is 1. The number of hydrogen-bond acceptors (Lipinski definition) is 4. The summed E-state index contributed by atoms with van der Waals surface area (Å²) in [7, 11) is 0. The van der Waals surface area contributed by atoms with Crippen LogP contribution < -0.4 is 10.6 Å². The van der Waals surface area contributed by atoms with Crippen molar-refractivity contribution in [2.75, 3.05) is 23.7 Å². The van der Waals surface area contributed by atoms with Crippen molar-refractivity contribution < 1.29 is 0 Å². The maximum absolute atomic E-state index is 5.83. The molecule has 1 aromatic heterocycles. The summed E-state index contributed by atoms with van der Waals surface area (Å²) >= 11 is 2.05. The van der Waals surface area contributed by atoms with Crippen LogP contribution in [-0.2, 0) is 6.42 Å². The number of aryl methyl sites for hydroxylation is 1. The second-order valence-corrected chi connectivity index (χ2v) is 6.84. The number of thioether (sulfide) groups is 1. The standard InChI is InChI=1S/C14H23N3S/c1-10-6-13(7-11(2)15)8-16-14(10)17-4-5-18-12(3)9-17/h6,8,11-12H,4-5,7,9,15H2,1-3H3. The second-order valence-electron chi connectivity index (χ2n) is 5.29. The van der Waals surface area contributed by atoms with Crippen molar-refractivity contribution in [3.8, 4) is 0 Å². The molecule has 2 heterocycles. The molecular weight excluding hydrogens is 242 g/mol. The highest BCUT2D eigenvalue weighted by atomic mass is 32.2. The Balaban J connectivity index is 2.13. The van der Waals surface area contributed by atoms with E-state index in [2.05, 4.69) is 29.8 Å². The van der Waals surface area contributed by atoms with E-state index in [0.717, 1.165) is 25.3 Å². The summed E-state index contributed by atoms with van der Waals surface area (Å²) in [4.78, 5) is 7.06. The lowest BCUT2D eigenvalue weighted by atomic mass is 10.1. The van der Waals surface area contributed by atoms with Crippen molar-refractivity contribution in [3.63, 3.8) is 0 Å². The summed E-state index contributed by atoms with van der Waals surface area (Å²) in [5.74, 6) is 2.35. The first-order chi connectivity index (χ1) is 8.56. The van der Waals surface area contributed by atoms with Gasteiger partial charge in [-0.2, -0.15) is 11.8 Å². The molecule has 2 N–H and O–H groups in total. The molecule has 0 radical (unpaired) electrons. The Morgan fingerprint density at radius 2 is 2.39 bits per heavy atom. The quantitative estimate of drug-likeness (QED) is 0.910. The van der Waals surface area contributed by atoms with Crippen LogP contribution in [0.25, 0.3) is 0 Å². The minimum absolute atomic E-state index is 0.198. The SMILES string of the molecule is Cc1cc(CC(C)N)cnc1N1CCSC(C)C1. The van der Waals surface area contributed by atoms with E-state index >= 15 is 0 Å². The van der Waals surface area contributed by atoms with Crippen LogP contribution in [-0.4, -0.2) is 35.1 Å². The van der Waals surface area contributed by atoms with E-state index in [4.69, 9.17) is 5.73 Å². The zero-order valence-corrected chi connectivity index (χ0v) is 12.3. The molecule has 1 saturated heterocycles. The molecule has 0 amide bonds. The second kappa shape index (κ2) is 5.93. The van der Waals surface area contributed by atoms with E-state index in [-0.39, 0.29) is 6.04 Å². The van der Waals surface area contributed by atoms with Gasteiger partial charge in [0.15, 0.2) is 0 Å². The van der Waals surface area contributed by atoms with Crippen molar-refractivity contribution in [3.05, 3.63) is 23.4 Å². The summed E-state index contributed by atoms with van der Waals surface area (Å²) < 4.78 is 0. The average molecular weight is 265 g/mol. The van der Waals surface area contributed by atoms with E-state index in [1.54, 1.807) is 0 Å². The van der Waals surface area contributed by atoms with Crippen LogP contribution >= 0.6 is 11.8 Å². The van der Waals surface area contributed by atoms with Gasteiger partial charge in [-0.25, -0.2) is 4.98 Å². The lowest BCUT2D eigenvalue weighted by Crippen LogP contribution is -2.37. The number of rotatable bonds is 3. The number of pyridine rings is 1. The Morgan fingerprint density at radius 1 is 1.61 bits per heavy atom. The van der Waals surface area contributed by atoms with Crippen molar-refractivity contribution in [1.82, 2.24) is 4.98 Å². The smallest absolute Gasteiger partial charge is 0.131 e. The first-order valence-corrected chi connectivity index (χ1v) is 7.69. The molecule has 2 rings (SSSR count). The fraction of sp³-hybridized carbons (Fsp3) is 0.643. The normalized spacial score (nSPS) is 22.0. The van der Waals surface area contributed by atoms with Crippen molar-refractivity contribution in [2.45, 2.75) is 38.5 Å². The topological polar surface area (TPSA) is 42.1 Å². The van der Waals surface area contributed by atoms with Gasteiger partial charge in [0.25, 0.3) is 0 Å². The van der Waals surface area contributed by atoms with Crippen LogP contribution in [0.5, 0.6) is 0 Å². The van der Waals surface area contributed by atoms with Crippen LogP contribution in [0.4, 0.5) is 5.82 Å². The van der Waals surface area contributed by atoms with Gasteiger partial charge in [-0.05, 0) is 31.4 Å². The molecule has 0 spiro atoms. The maximum atomic E-state index is 5.83. The Labute approximate surface area is 114 Å². The van der Waals surface area contributed by atoms with Gasteiger partial charge < -0.3 is 10.6 Å². The molecule has 0 aromatic carbocycles. The molecule has 4 heteroatoms. The maximum Gasteiger partial charge on any atom is 0.131 e. The van der Waals surface area contributed by atoms with Gasteiger partial charge in [0.1, 0.15) is 5.82 Å². The van der Waals surface area contributed by atoms with E-state index in [1.807, 2.05) is 24.9 Å². The van der Waals surface area contributed by atoms with Crippen LogP contribution in [0, 0.1) is 6.92 Å². The fourth-order valence-electron chi connectivity index (χ4n) is 2.45. The predicted molar refractivity (Wildman–Crippen MR) is 80.5 cm³/mol. The third kappa shape index (κ3) is 3.39. The highest BCUT2D eigenvalue weighted by molar-refractivity contribution is 8.00. The number of nitrogens with two attached hydrogens (primary N) is 1. The van der Waals surface area contributed by atoms with Crippen LogP contribution in [0.3, 0.4) is 0 Å². The Morgan fingerprint density at radius 3 is 3.00 bits per heavy atom. The monoisotopic (exact) mass is 265 g/mol. The first kappa shape index (κ1) is 13.7. The predicted octanol–water partition coefficient (Wildman–Crippen LogP) is 2.22. The number of aromatic nitrogens is 1. The molecule has 1 aromatic rings. The molecule has 1 aliphatic rings. The van der Waals surface area contributed by atoms with E-state index in [1.165, 1.54) is 16.9 Å². The number of anilines is 1. The van der Waals surface area contributed by atoms with Gasteiger partial charge in [-0.15, -0.1) is 0 Å². The van der Waals surface area contributed by atoms with Gasteiger partial charge >= 0.3 is 0 Å². The Hall–Kier alpha value is -0.740. The molecule has 3 nitrogen and oxygen atoms in total. The lowest BCUT2D eigenvalue weighted by Gasteiger charge is -2.32. The highest BCUT2D eigenvalue weighted by Gasteiger charge is 2.19. The molecule has 1 aliphatic heterocycles. The third-order valence-corrected chi connectivity index (χ3v) is 4.34. The van der Waals surface area contributed by atoms with E-state index < -0.39 is 0 Å². The average Bonchev–Trinajstić information content (AvgIpc) is 2.28. The highest BCUT2D eigenvalue weighted by Crippen LogP contribution is 2.25. The first-order valence-electron chi connectivity index (χ1n) is 6.64. The van der Waals surface area contributed by atoms with Crippen LogP contribution in [0.15, 0.2) is 12.3 Å². The zero-order valence-electron chi connectivity index (χ0n) is 11.5. The summed E-state index contributed by atoms with van der Waals surface area (Å²) in [5.41, 5.74) is 8.34. The van der Waals surface area contributed by atoms with Gasteiger partial charge in [0, 0.05) is 36.3 Å². The van der Waals surface area contributed by atoms with Crippen molar-refractivity contribution in [2.24, 2.45) is 5.73 Å². The molecule has 18 heavy (non-hydrogen) atoms. The molecule has 0 aliphatic carbocycles.